The number of hydrogen-bond donors (Lipinski definition) is 1. The van der Waals surface area contributed by atoms with Crippen LogP contribution >= 0.6 is 23.2 Å². The topological polar surface area (TPSA) is 41.8 Å². The van der Waals surface area contributed by atoms with Gasteiger partial charge in [0, 0.05) is 22.0 Å². The molecule has 0 saturated heterocycles. The summed E-state index contributed by atoms with van der Waals surface area (Å²) >= 11 is 12.0. The zero-order chi connectivity index (χ0) is 15.2. The average Bonchev–Trinajstić information content (AvgIpc) is 2.49. The van der Waals surface area contributed by atoms with Gasteiger partial charge in [-0.25, -0.2) is 0 Å². The maximum atomic E-state index is 8.65. The van der Waals surface area contributed by atoms with E-state index in [4.69, 9.17) is 33.1 Å². The van der Waals surface area contributed by atoms with Crippen molar-refractivity contribution in [3.8, 4) is 5.75 Å². The van der Waals surface area contributed by atoms with Gasteiger partial charge in [-0.2, -0.15) is 0 Å². The molecule has 0 aliphatic rings. The van der Waals surface area contributed by atoms with Gasteiger partial charge < -0.3 is 9.94 Å². The van der Waals surface area contributed by atoms with Gasteiger partial charge in [0.25, 0.3) is 0 Å². The highest BCUT2D eigenvalue weighted by atomic mass is 35.5. The molecule has 0 spiro atoms. The molecule has 2 aromatic rings. The molecule has 0 heterocycles. The SMILES string of the molecule is C/C(Cc1ccc(OCc2cc(Cl)ccc2Cl)cc1)=N/O. The molecule has 110 valence electrons. The van der Waals surface area contributed by atoms with E-state index in [-0.39, 0.29) is 0 Å². The van der Waals surface area contributed by atoms with Gasteiger partial charge in [-0.05, 0) is 42.8 Å². The third-order valence-electron chi connectivity index (χ3n) is 2.96. The first-order chi connectivity index (χ1) is 10.1. The Morgan fingerprint density at radius 2 is 1.86 bits per heavy atom. The number of halogens is 2. The minimum atomic E-state index is 0.357. The maximum Gasteiger partial charge on any atom is 0.119 e. The van der Waals surface area contributed by atoms with Gasteiger partial charge in [0.1, 0.15) is 12.4 Å². The van der Waals surface area contributed by atoms with Crippen molar-refractivity contribution in [2.75, 3.05) is 0 Å². The Kier molecular flexibility index (Phi) is 5.48. The second-order valence-corrected chi connectivity index (χ2v) is 5.52. The van der Waals surface area contributed by atoms with Crippen LogP contribution in [0.4, 0.5) is 0 Å². The van der Waals surface area contributed by atoms with Gasteiger partial charge in [-0.15, -0.1) is 0 Å². The Balaban J connectivity index is 1.99. The van der Waals surface area contributed by atoms with E-state index in [0.29, 0.717) is 28.8 Å². The number of oxime groups is 1. The second-order valence-electron chi connectivity index (χ2n) is 4.68. The van der Waals surface area contributed by atoms with Gasteiger partial charge in [0.2, 0.25) is 0 Å². The molecule has 0 aliphatic heterocycles. The summed E-state index contributed by atoms with van der Waals surface area (Å²) in [6.07, 6.45) is 0.608. The third kappa shape index (κ3) is 4.66. The summed E-state index contributed by atoms with van der Waals surface area (Å²) in [7, 11) is 0. The molecule has 0 fully saturated rings. The van der Waals surface area contributed by atoms with E-state index in [2.05, 4.69) is 5.16 Å². The maximum absolute atomic E-state index is 8.65. The molecule has 21 heavy (non-hydrogen) atoms. The van der Waals surface area contributed by atoms with Crippen LogP contribution < -0.4 is 4.74 Å². The van der Waals surface area contributed by atoms with Gasteiger partial charge in [-0.3, -0.25) is 0 Å². The van der Waals surface area contributed by atoms with Crippen molar-refractivity contribution in [2.45, 2.75) is 20.0 Å². The van der Waals surface area contributed by atoms with Crippen molar-refractivity contribution in [3.63, 3.8) is 0 Å². The molecule has 0 bridgehead atoms. The van der Waals surface area contributed by atoms with Crippen LogP contribution in [-0.4, -0.2) is 10.9 Å². The summed E-state index contributed by atoms with van der Waals surface area (Å²) in [5, 5.41) is 13.1. The Labute approximate surface area is 133 Å². The highest BCUT2D eigenvalue weighted by molar-refractivity contribution is 6.33. The molecule has 3 nitrogen and oxygen atoms in total. The van der Waals surface area contributed by atoms with E-state index in [1.807, 2.05) is 24.3 Å². The minimum absolute atomic E-state index is 0.357. The van der Waals surface area contributed by atoms with Crippen LogP contribution in [-0.2, 0) is 13.0 Å². The smallest absolute Gasteiger partial charge is 0.119 e. The monoisotopic (exact) mass is 323 g/mol. The van der Waals surface area contributed by atoms with Crippen LogP contribution in [0, 0.1) is 0 Å². The predicted molar refractivity (Wildman–Crippen MR) is 85.8 cm³/mol. The minimum Gasteiger partial charge on any atom is -0.489 e. The van der Waals surface area contributed by atoms with Crippen molar-refractivity contribution < 1.29 is 9.94 Å². The lowest BCUT2D eigenvalue weighted by molar-refractivity contribution is 0.306. The van der Waals surface area contributed by atoms with Crippen LogP contribution in [0.5, 0.6) is 5.75 Å². The van der Waals surface area contributed by atoms with E-state index in [1.54, 1.807) is 25.1 Å². The summed E-state index contributed by atoms with van der Waals surface area (Å²) in [5.41, 5.74) is 2.56. The standard InChI is InChI=1S/C16H15Cl2NO2/c1-11(19-20)8-12-2-5-15(6-3-12)21-10-13-9-14(17)4-7-16(13)18/h2-7,9,20H,8,10H2,1H3/b19-11-. The summed E-state index contributed by atoms with van der Waals surface area (Å²) in [6.45, 7) is 2.13. The van der Waals surface area contributed by atoms with Gasteiger partial charge >= 0.3 is 0 Å². The van der Waals surface area contributed by atoms with Crippen LogP contribution in [0.2, 0.25) is 10.0 Å². The zero-order valence-electron chi connectivity index (χ0n) is 11.5. The molecule has 0 radical (unpaired) electrons. The molecule has 0 atom stereocenters. The van der Waals surface area contributed by atoms with Crippen LogP contribution in [0.25, 0.3) is 0 Å². The van der Waals surface area contributed by atoms with E-state index >= 15 is 0 Å². The second kappa shape index (κ2) is 7.34. The number of rotatable bonds is 5. The lowest BCUT2D eigenvalue weighted by atomic mass is 10.1. The van der Waals surface area contributed by atoms with Crippen LogP contribution in [0.15, 0.2) is 47.6 Å². The number of hydrogen-bond acceptors (Lipinski definition) is 3. The zero-order valence-corrected chi connectivity index (χ0v) is 13.0. The molecular formula is C16H15Cl2NO2. The molecule has 1 N–H and O–H groups in total. The summed E-state index contributed by atoms with van der Waals surface area (Å²) in [5.74, 6) is 0.744. The fraction of sp³-hybridized carbons (Fsp3) is 0.188. The number of ether oxygens (including phenoxy) is 1. The Morgan fingerprint density at radius 1 is 1.14 bits per heavy atom. The number of nitrogens with zero attached hydrogens (tertiary/aromatic N) is 1. The highest BCUT2D eigenvalue weighted by Gasteiger charge is 2.03. The molecule has 2 aromatic carbocycles. The first-order valence-corrected chi connectivity index (χ1v) is 7.17. The molecule has 0 aromatic heterocycles. The Bertz CT molecular complexity index is 639. The van der Waals surface area contributed by atoms with Gasteiger partial charge in [-0.1, -0.05) is 40.5 Å². The lowest BCUT2D eigenvalue weighted by Crippen LogP contribution is -1.99. The van der Waals surface area contributed by atoms with E-state index in [1.165, 1.54) is 0 Å². The summed E-state index contributed by atoms with van der Waals surface area (Å²) in [6, 6.07) is 12.9. The van der Waals surface area contributed by atoms with Gasteiger partial charge in [0.05, 0.1) is 5.71 Å². The van der Waals surface area contributed by atoms with Crippen molar-refractivity contribution in [1.82, 2.24) is 0 Å². The van der Waals surface area contributed by atoms with Crippen molar-refractivity contribution >= 4 is 28.9 Å². The van der Waals surface area contributed by atoms with E-state index in [9.17, 15) is 0 Å². The van der Waals surface area contributed by atoms with Crippen molar-refractivity contribution in [1.29, 1.82) is 0 Å². The molecular weight excluding hydrogens is 309 g/mol. The predicted octanol–water partition coefficient (Wildman–Crippen LogP) is 4.97. The van der Waals surface area contributed by atoms with Crippen LogP contribution in [0.3, 0.4) is 0 Å². The Hall–Kier alpha value is -1.71. The van der Waals surface area contributed by atoms with E-state index in [0.717, 1.165) is 16.9 Å². The van der Waals surface area contributed by atoms with Crippen molar-refractivity contribution in [3.05, 3.63) is 63.6 Å². The summed E-state index contributed by atoms with van der Waals surface area (Å²) < 4.78 is 5.69. The molecule has 0 amide bonds. The average molecular weight is 324 g/mol. The molecule has 0 saturated carbocycles. The summed E-state index contributed by atoms with van der Waals surface area (Å²) in [4.78, 5) is 0. The Morgan fingerprint density at radius 3 is 2.52 bits per heavy atom. The lowest BCUT2D eigenvalue weighted by Gasteiger charge is -2.09. The molecule has 2 rings (SSSR count). The quantitative estimate of drug-likeness (QED) is 0.479. The fourth-order valence-corrected chi connectivity index (χ4v) is 2.22. The van der Waals surface area contributed by atoms with Crippen LogP contribution in [0.1, 0.15) is 18.1 Å². The largest absolute Gasteiger partial charge is 0.489 e. The molecule has 5 heteroatoms. The molecule has 0 unspecified atom stereocenters. The third-order valence-corrected chi connectivity index (χ3v) is 3.56. The normalized spacial score (nSPS) is 11.5. The van der Waals surface area contributed by atoms with Crippen molar-refractivity contribution in [2.24, 2.45) is 5.16 Å². The fourth-order valence-electron chi connectivity index (χ4n) is 1.85. The first-order valence-electron chi connectivity index (χ1n) is 6.41. The highest BCUT2D eigenvalue weighted by Crippen LogP contribution is 2.22. The van der Waals surface area contributed by atoms with Gasteiger partial charge in [0.15, 0.2) is 0 Å². The van der Waals surface area contributed by atoms with E-state index < -0.39 is 0 Å². The molecule has 0 aliphatic carbocycles. The first kappa shape index (κ1) is 15.7. The number of benzene rings is 2.